The number of ether oxygens (including phenoxy) is 1. The number of methoxy groups -OCH3 is 1. The minimum absolute atomic E-state index is 0.183. The van der Waals surface area contributed by atoms with Crippen LogP contribution in [0.3, 0.4) is 0 Å². The lowest BCUT2D eigenvalue weighted by atomic mass is 10.1. The van der Waals surface area contributed by atoms with Crippen LogP contribution in [0.15, 0.2) is 60.8 Å². The second-order valence-electron chi connectivity index (χ2n) is 5.06. The lowest BCUT2D eigenvalue weighted by molar-refractivity contribution is -0.246. The molecular formula is C18H15N2O3-. The Hall–Kier alpha value is -3.08. The lowest BCUT2D eigenvalue weighted by Gasteiger charge is -2.26. The van der Waals surface area contributed by atoms with Gasteiger partial charge in [-0.2, -0.15) is 0 Å². The molecule has 116 valence electrons. The van der Waals surface area contributed by atoms with Gasteiger partial charge in [-0.15, -0.1) is 0 Å². The first kappa shape index (κ1) is 14.8. The molecule has 0 saturated carbocycles. The largest absolute Gasteiger partial charge is 0.530 e. The third kappa shape index (κ3) is 3.08. The van der Waals surface area contributed by atoms with Crippen molar-refractivity contribution in [3.8, 4) is 5.75 Å². The summed E-state index contributed by atoms with van der Waals surface area (Å²) in [5.74, 6) is 0.569. The van der Waals surface area contributed by atoms with E-state index in [2.05, 4.69) is 4.98 Å². The van der Waals surface area contributed by atoms with Gasteiger partial charge in [-0.1, -0.05) is 36.4 Å². The predicted octanol–water partition coefficient (Wildman–Crippen LogP) is 2.59. The molecule has 0 saturated heterocycles. The molecule has 5 heteroatoms. The first-order valence-electron chi connectivity index (χ1n) is 7.14. The summed E-state index contributed by atoms with van der Waals surface area (Å²) in [5, 5.41) is 12.5. The van der Waals surface area contributed by atoms with Crippen molar-refractivity contribution in [2.24, 2.45) is 0 Å². The predicted molar refractivity (Wildman–Crippen MR) is 86.3 cm³/mol. The summed E-state index contributed by atoms with van der Waals surface area (Å²) in [5.41, 5.74) is 1.90. The van der Waals surface area contributed by atoms with Crippen molar-refractivity contribution < 1.29 is 14.6 Å². The highest BCUT2D eigenvalue weighted by atomic mass is 16.5. The highest BCUT2D eigenvalue weighted by Gasteiger charge is 2.15. The Balaban J connectivity index is 2.12. The molecule has 1 heterocycles. The van der Waals surface area contributed by atoms with Crippen LogP contribution in [0.5, 0.6) is 5.75 Å². The average Bonchev–Trinajstić information content (AvgIpc) is 2.59. The second-order valence-corrected chi connectivity index (χ2v) is 5.06. The molecule has 0 bridgehead atoms. The molecule has 0 radical (unpaired) electrons. The Kier molecular flexibility index (Phi) is 4.10. The zero-order valence-corrected chi connectivity index (χ0v) is 12.6. The van der Waals surface area contributed by atoms with Gasteiger partial charge in [0.2, 0.25) is 0 Å². The summed E-state index contributed by atoms with van der Waals surface area (Å²) in [6, 6.07) is 16.5. The molecule has 0 atom stereocenters. The molecule has 0 aliphatic carbocycles. The molecule has 3 aromatic rings. The summed E-state index contributed by atoms with van der Waals surface area (Å²) >= 11 is 0. The quantitative estimate of drug-likeness (QED) is 0.743. The maximum absolute atomic E-state index is 11.7. The molecule has 0 spiro atoms. The standard InChI is InChI=1S/C18H16N2O3/c1-23-15-10-14-8-5-9-19-17(14)16(11-15)20(18(21)22)12-13-6-3-2-4-7-13/h2-11H,12H2,1H3,(H,21,22)/p-1. The van der Waals surface area contributed by atoms with Crippen LogP contribution >= 0.6 is 0 Å². The van der Waals surface area contributed by atoms with Gasteiger partial charge in [0.15, 0.2) is 0 Å². The summed E-state index contributed by atoms with van der Waals surface area (Å²) in [7, 11) is 1.54. The molecular weight excluding hydrogens is 292 g/mol. The van der Waals surface area contributed by atoms with E-state index in [0.29, 0.717) is 17.0 Å². The highest BCUT2D eigenvalue weighted by Crippen LogP contribution is 2.31. The summed E-state index contributed by atoms with van der Waals surface area (Å²) in [4.78, 5) is 17.2. The first-order valence-corrected chi connectivity index (χ1v) is 7.14. The smallest absolute Gasteiger partial charge is 0.142 e. The van der Waals surface area contributed by atoms with E-state index in [1.807, 2.05) is 42.5 Å². The van der Waals surface area contributed by atoms with E-state index in [-0.39, 0.29) is 6.54 Å². The van der Waals surface area contributed by atoms with E-state index in [4.69, 9.17) is 4.74 Å². The van der Waals surface area contributed by atoms with Crippen molar-refractivity contribution in [2.45, 2.75) is 6.54 Å². The summed E-state index contributed by atoms with van der Waals surface area (Å²) in [6.45, 7) is 0.183. The van der Waals surface area contributed by atoms with Crippen LogP contribution in [-0.2, 0) is 6.54 Å². The van der Waals surface area contributed by atoms with Gasteiger partial charge in [-0.05, 0) is 17.7 Å². The maximum atomic E-state index is 11.7. The second kappa shape index (κ2) is 6.36. The fraction of sp³-hybridized carbons (Fsp3) is 0.111. The zero-order valence-electron chi connectivity index (χ0n) is 12.6. The van der Waals surface area contributed by atoms with Crippen LogP contribution in [0, 0.1) is 0 Å². The molecule has 0 aliphatic rings. The van der Waals surface area contributed by atoms with E-state index in [1.54, 1.807) is 25.4 Å². The normalized spacial score (nSPS) is 10.5. The van der Waals surface area contributed by atoms with E-state index in [1.165, 1.54) is 4.90 Å². The third-order valence-corrected chi connectivity index (χ3v) is 3.59. The van der Waals surface area contributed by atoms with Crippen molar-refractivity contribution in [1.29, 1.82) is 0 Å². The summed E-state index contributed by atoms with van der Waals surface area (Å²) in [6.07, 6.45) is 0.350. The molecule has 23 heavy (non-hydrogen) atoms. The fourth-order valence-corrected chi connectivity index (χ4v) is 2.48. The van der Waals surface area contributed by atoms with Crippen molar-refractivity contribution in [3.63, 3.8) is 0 Å². The minimum atomic E-state index is -1.28. The number of carbonyl (C=O) groups excluding carboxylic acids is 1. The molecule has 0 unspecified atom stereocenters. The van der Waals surface area contributed by atoms with E-state index < -0.39 is 6.09 Å². The molecule has 0 fully saturated rings. The molecule has 1 amide bonds. The number of amides is 1. The van der Waals surface area contributed by atoms with Gasteiger partial charge in [0.1, 0.15) is 11.8 Å². The Morgan fingerprint density at radius 1 is 1.17 bits per heavy atom. The van der Waals surface area contributed by atoms with Gasteiger partial charge >= 0.3 is 0 Å². The van der Waals surface area contributed by atoms with Crippen molar-refractivity contribution in [3.05, 3.63) is 66.4 Å². The highest BCUT2D eigenvalue weighted by molar-refractivity contribution is 5.99. The van der Waals surface area contributed by atoms with Gasteiger partial charge < -0.3 is 19.5 Å². The van der Waals surface area contributed by atoms with Gasteiger partial charge in [0.05, 0.1) is 18.3 Å². The Labute approximate surface area is 133 Å². The number of rotatable bonds is 4. The number of aromatic nitrogens is 1. The monoisotopic (exact) mass is 307 g/mol. The maximum Gasteiger partial charge on any atom is 0.142 e. The van der Waals surface area contributed by atoms with Gasteiger partial charge in [-0.25, -0.2) is 0 Å². The Morgan fingerprint density at radius 2 is 1.96 bits per heavy atom. The number of hydrogen-bond acceptors (Lipinski definition) is 4. The number of fused-ring (bicyclic) bond motifs is 1. The van der Waals surface area contributed by atoms with Crippen LogP contribution in [-0.4, -0.2) is 18.2 Å². The van der Waals surface area contributed by atoms with Gasteiger partial charge in [-0.3, -0.25) is 4.98 Å². The van der Waals surface area contributed by atoms with Crippen LogP contribution in [0.4, 0.5) is 10.5 Å². The van der Waals surface area contributed by atoms with E-state index >= 15 is 0 Å². The lowest BCUT2D eigenvalue weighted by Crippen LogP contribution is -2.41. The zero-order chi connectivity index (χ0) is 16.2. The number of benzene rings is 2. The Morgan fingerprint density at radius 3 is 2.65 bits per heavy atom. The molecule has 3 rings (SSSR count). The number of hydrogen-bond donors (Lipinski definition) is 0. The van der Waals surface area contributed by atoms with Gasteiger partial charge in [0.25, 0.3) is 0 Å². The van der Waals surface area contributed by atoms with Crippen LogP contribution in [0.2, 0.25) is 0 Å². The SMILES string of the molecule is COc1cc(N(Cc2ccccc2)C(=O)[O-])c2ncccc2c1. The van der Waals surface area contributed by atoms with E-state index in [0.717, 1.165) is 10.9 Å². The summed E-state index contributed by atoms with van der Waals surface area (Å²) < 4.78 is 5.28. The van der Waals surface area contributed by atoms with Crippen LogP contribution < -0.4 is 14.7 Å². The van der Waals surface area contributed by atoms with Crippen LogP contribution in [0.1, 0.15) is 5.56 Å². The van der Waals surface area contributed by atoms with Crippen molar-refractivity contribution >= 4 is 22.7 Å². The molecule has 5 nitrogen and oxygen atoms in total. The fourth-order valence-electron chi connectivity index (χ4n) is 2.48. The van der Waals surface area contributed by atoms with Crippen molar-refractivity contribution in [1.82, 2.24) is 4.98 Å². The number of carbonyl (C=O) groups is 1. The Bertz CT molecular complexity index is 834. The van der Waals surface area contributed by atoms with Crippen molar-refractivity contribution in [2.75, 3.05) is 12.0 Å². The molecule has 0 aliphatic heterocycles. The van der Waals surface area contributed by atoms with E-state index in [9.17, 15) is 9.90 Å². The number of carboxylic acid groups (broad SMARTS) is 1. The van der Waals surface area contributed by atoms with Crippen LogP contribution in [0.25, 0.3) is 10.9 Å². The number of anilines is 1. The minimum Gasteiger partial charge on any atom is -0.530 e. The third-order valence-electron chi connectivity index (χ3n) is 3.59. The number of pyridine rings is 1. The average molecular weight is 307 g/mol. The first-order chi connectivity index (χ1) is 11.2. The van der Waals surface area contributed by atoms with Gasteiger partial charge in [0, 0.05) is 24.2 Å². The number of nitrogens with zero attached hydrogens (tertiary/aromatic N) is 2. The molecule has 0 N–H and O–H groups in total. The topological polar surface area (TPSA) is 65.5 Å². The molecule has 1 aromatic heterocycles. The molecule has 2 aromatic carbocycles.